The Hall–Kier alpha value is -1.17. The van der Waals surface area contributed by atoms with Crippen LogP contribution in [0.3, 0.4) is 0 Å². The summed E-state index contributed by atoms with van der Waals surface area (Å²) in [4.78, 5) is 2.96. The molecule has 24 heavy (non-hydrogen) atoms. The van der Waals surface area contributed by atoms with E-state index in [1.54, 1.807) is 0 Å². The van der Waals surface area contributed by atoms with Gasteiger partial charge in [-0.05, 0) is 56.0 Å². The molecule has 2 fully saturated rings. The van der Waals surface area contributed by atoms with Crippen molar-refractivity contribution in [2.24, 2.45) is 5.92 Å². The molecule has 1 aliphatic carbocycles. The van der Waals surface area contributed by atoms with Crippen molar-refractivity contribution >= 4 is 23.8 Å². The third kappa shape index (κ3) is 3.17. The molecule has 1 aromatic heterocycles. The molecule has 2 aliphatic rings. The summed E-state index contributed by atoms with van der Waals surface area (Å²) < 4.78 is 7.53. The van der Waals surface area contributed by atoms with E-state index >= 15 is 0 Å². The lowest BCUT2D eigenvalue weighted by Crippen LogP contribution is -2.47. The molecule has 6 heteroatoms. The van der Waals surface area contributed by atoms with Crippen LogP contribution in [0.1, 0.15) is 38.5 Å². The predicted octanol–water partition coefficient (Wildman–Crippen LogP) is 5.14. The first-order valence-electron chi connectivity index (χ1n) is 8.79. The molecule has 1 aliphatic heterocycles. The van der Waals surface area contributed by atoms with Gasteiger partial charge in [-0.25, -0.2) is 4.68 Å². The lowest BCUT2D eigenvalue weighted by atomic mass is 9.78. The van der Waals surface area contributed by atoms with Gasteiger partial charge in [0.15, 0.2) is 0 Å². The molecule has 0 bridgehead atoms. The highest BCUT2D eigenvalue weighted by molar-refractivity contribution is 7.71. The maximum absolute atomic E-state index is 6.25. The molecule has 1 saturated heterocycles. The van der Waals surface area contributed by atoms with Crippen molar-refractivity contribution in [1.29, 1.82) is 0 Å². The van der Waals surface area contributed by atoms with Crippen LogP contribution in [0.4, 0.5) is 0 Å². The predicted molar refractivity (Wildman–Crippen MR) is 97.5 cm³/mol. The lowest BCUT2D eigenvalue weighted by Gasteiger charge is -2.43. The zero-order valence-electron chi connectivity index (χ0n) is 13.7. The third-order valence-corrected chi connectivity index (χ3v) is 6.01. The number of likely N-dealkylation sites (tertiary alicyclic amines) is 1. The minimum absolute atomic E-state index is 0.419. The number of benzene rings is 1. The summed E-state index contributed by atoms with van der Waals surface area (Å²) in [5, 5.41) is 5.22. The Bertz CT molecular complexity index is 770. The number of fused-ring (bicyclic) bond motifs is 1. The molecule has 128 valence electrons. The average Bonchev–Trinajstić information content (AvgIpc) is 2.96. The normalized spacial score (nSPS) is 24.7. The number of rotatable bonds is 3. The molecule has 4 nitrogen and oxygen atoms in total. The Morgan fingerprint density at radius 1 is 1.17 bits per heavy atom. The van der Waals surface area contributed by atoms with Gasteiger partial charge < -0.3 is 4.42 Å². The molecule has 2 atom stereocenters. The first-order valence-corrected chi connectivity index (χ1v) is 9.58. The zero-order valence-corrected chi connectivity index (χ0v) is 15.2. The average molecular weight is 364 g/mol. The quantitative estimate of drug-likeness (QED) is 0.707. The first-order chi connectivity index (χ1) is 11.7. The fraction of sp³-hybridized carbons (Fsp3) is 0.556. The Labute approximate surface area is 152 Å². The minimum Gasteiger partial charge on any atom is -0.409 e. The SMILES string of the molecule is S=c1oc(-c2ccccc2Cl)nn1CN1CCC[C@@H]2CCCC[C@@H]21. The van der Waals surface area contributed by atoms with Crippen LogP contribution in [-0.2, 0) is 6.67 Å². The van der Waals surface area contributed by atoms with Crippen molar-refractivity contribution in [3.05, 3.63) is 34.1 Å². The molecule has 0 N–H and O–H groups in total. The summed E-state index contributed by atoms with van der Waals surface area (Å²) in [7, 11) is 0. The Kier molecular flexibility index (Phi) is 4.74. The molecule has 0 unspecified atom stereocenters. The standard InChI is InChI=1S/C18H22ClN3OS/c19-15-9-3-2-8-14(15)17-20-22(18(24)23-17)12-21-11-5-7-13-6-1-4-10-16(13)21/h2-3,8-9,13,16H,1,4-7,10-12H2/t13-,16-/m0/s1. The van der Waals surface area contributed by atoms with Gasteiger partial charge in [-0.2, -0.15) is 0 Å². The lowest BCUT2D eigenvalue weighted by molar-refractivity contribution is 0.0318. The molecule has 1 aromatic carbocycles. The van der Waals surface area contributed by atoms with Crippen LogP contribution in [-0.4, -0.2) is 27.3 Å². The number of piperidine rings is 1. The van der Waals surface area contributed by atoms with Crippen molar-refractivity contribution in [2.75, 3.05) is 6.54 Å². The molecular formula is C18H22ClN3OS. The van der Waals surface area contributed by atoms with Crippen molar-refractivity contribution in [2.45, 2.75) is 51.2 Å². The molecule has 0 spiro atoms. The van der Waals surface area contributed by atoms with E-state index in [1.165, 1.54) is 38.5 Å². The summed E-state index contributed by atoms with van der Waals surface area (Å²) in [6, 6.07) is 8.25. The van der Waals surface area contributed by atoms with E-state index in [0.29, 0.717) is 28.5 Å². The third-order valence-electron chi connectivity index (χ3n) is 5.38. The summed E-state index contributed by atoms with van der Waals surface area (Å²) >= 11 is 11.6. The van der Waals surface area contributed by atoms with E-state index in [4.69, 9.17) is 28.2 Å². The maximum atomic E-state index is 6.25. The van der Waals surface area contributed by atoms with Crippen LogP contribution in [0.2, 0.25) is 5.02 Å². The maximum Gasteiger partial charge on any atom is 0.288 e. The van der Waals surface area contributed by atoms with Gasteiger partial charge in [0.25, 0.3) is 4.84 Å². The second kappa shape index (κ2) is 6.98. The van der Waals surface area contributed by atoms with Gasteiger partial charge in [-0.15, -0.1) is 5.10 Å². The van der Waals surface area contributed by atoms with Crippen LogP contribution in [0.25, 0.3) is 11.5 Å². The number of hydrogen-bond donors (Lipinski definition) is 0. The molecule has 2 heterocycles. The van der Waals surface area contributed by atoms with Crippen LogP contribution < -0.4 is 0 Å². The smallest absolute Gasteiger partial charge is 0.288 e. The number of nitrogens with zero attached hydrogens (tertiary/aromatic N) is 3. The first kappa shape index (κ1) is 16.3. The van der Waals surface area contributed by atoms with Crippen molar-refractivity contribution in [3.63, 3.8) is 0 Å². The van der Waals surface area contributed by atoms with Crippen LogP contribution in [0.15, 0.2) is 28.7 Å². The van der Waals surface area contributed by atoms with Gasteiger partial charge in [-0.1, -0.05) is 36.6 Å². The summed E-state index contributed by atoms with van der Waals surface area (Å²) in [5.41, 5.74) is 0.790. The summed E-state index contributed by atoms with van der Waals surface area (Å²) in [6.45, 7) is 1.84. The molecule has 4 rings (SSSR count). The van der Waals surface area contributed by atoms with Gasteiger partial charge in [0, 0.05) is 12.6 Å². The topological polar surface area (TPSA) is 34.2 Å². The van der Waals surface area contributed by atoms with Gasteiger partial charge in [0.2, 0.25) is 5.89 Å². The van der Waals surface area contributed by atoms with Gasteiger partial charge in [-0.3, -0.25) is 4.90 Å². The highest BCUT2D eigenvalue weighted by atomic mass is 35.5. The number of halogens is 1. The second-order valence-electron chi connectivity index (χ2n) is 6.86. The molecule has 0 amide bonds. The van der Waals surface area contributed by atoms with E-state index in [9.17, 15) is 0 Å². The Morgan fingerprint density at radius 2 is 1.96 bits per heavy atom. The monoisotopic (exact) mass is 363 g/mol. The van der Waals surface area contributed by atoms with Crippen LogP contribution in [0.5, 0.6) is 0 Å². The van der Waals surface area contributed by atoms with Crippen molar-refractivity contribution < 1.29 is 4.42 Å². The minimum atomic E-state index is 0.419. The second-order valence-corrected chi connectivity index (χ2v) is 7.62. The van der Waals surface area contributed by atoms with E-state index in [2.05, 4.69) is 10.00 Å². The molecule has 2 aromatic rings. The molecular weight excluding hydrogens is 342 g/mol. The zero-order chi connectivity index (χ0) is 16.5. The fourth-order valence-corrected chi connectivity index (χ4v) is 4.61. The van der Waals surface area contributed by atoms with Crippen molar-refractivity contribution in [3.8, 4) is 11.5 Å². The van der Waals surface area contributed by atoms with Crippen LogP contribution in [0, 0.1) is 10.8 Å². The Balaban J connectivity index is 1.57. The van der Waals surface area contributed by atoms with Gasteiger partial charge in [0.1, 0.15) is 0 Å². The van der Waals surface area contributed by atoms with Gasteiger partial charge >= 0.3 is 0 Å². The van der Waals surface area contributed by atoms with E-state index in [1.807, 2.05) is 28.9 Å². The van der Waals surface area contributed by atoms with E-state index in [-0.39, 0.29) is 0 Å². The molecule has 1 saturated carbocycles. The fourth-order valence-electron chi connectivity index (χ4n) is 4.21. The summed E-state index contributed by atoms with van der Waals surface area (Å²) in [6.07, 6.45) is 8.03. The van der Waals surface area contributed by atoms with Crippen molar-refractivity contribution in [1.82, 2.24) is 14.7 Å². The number of hydrogen-bond acceptors (Lipinski definition) is 4. The van der Waals surface area contributed by atoms with Gasteiger partial charge in [0.05, 0.1) is 17.3 Å². The van der Waals surface area contributed by atoms with Crippen LogP contribution >= 0.6 is 23.8 Å². The largest absolute Gasteiger partial charge is 0.409 e. The highest BCUT2D eigenvalue weighted by Crippen LogP contribution is 2.35. The highest BCUT2D eigenvalue weighted by Gasteiger charge is 2.33. The number of aromatic nitrogens is 2. The molecule has 0 radical (unpaired) electrons. The van der Waals surface area contributed by atoms with E-state index in [0.717, 1.165) is 18.0 Å². The summed E-state index contributed by atoms with van der Waals surface area (Å²) in [5.74, 6) is 1.35. The van der Waals surface area contributed by atoms with E-state index < -0.39 is 0 Å². The Morgan fingerprint density at radius 3 is 2.83 bits per heavy atom.